The standard InChI is InChI=1S/C10H16N2O/c1-11-7-10(13)9-5-4-8-3-2-6-12(8)9/h4-5,10-11,13H,2-3,6-7H2,1H3. The summed E-state index contributed by atoms with van der Waals surface area (Å²) < 4.78 is 2.24. The normalized spacial score (nSPS) is 17.4. The first-order valence-electron chi connectivity index (χ1n) is 4.84. The highest BCUT2D eigenvalue weighted by molar-refractivity contribution is 5.21. The number of aryl methyl sites for hydroxylation is 1. The number of nitrogens with one attached hydrogen (secondary N) is 1. The van der Waals surface area contributed by atoms with Crippen LogP contribution in [-0.2, 0) is 13.0 Å². The molecule has 3 nitrogen and oxygen atoms in total. The molecule has 0 saturated heterocycles. The zero-order valence-electron chi connectivity index (χ0n) is 7.95. The molecule has 0 aromatic carbocycles. The third kappa shape index (κ3) is 1.49. The monoisotopic (exact) mass is 180 g/mol. The third-order valence-corrected chi connectivity index (χ3v) is 2.66. The van der Waals surface area contributed by atoms with Gasteiger partial charge in [0.2, 0.25) is 0 Å². The molecule has 72 valence electrons. The number of aromatic nitrogens is 1. The minimum atomic E-state index is -0.364. The summed E-state index contributed by atoms with van der Waals surface area (Å²) in [6.45, 7) is 1.70. The summed E-state index contributed by atoms with van der Waals surface area (Å²) in [4.78, 5) is 0. The van der Waals surface area contributed by atoms with Crippen molar-refractivity contribution in [2.24, 2.45) is 0 Å². The highest BCUT2D eigenvalue weighted by atomic mass is 16.3. The summed E-state index contributed by atoms with van der Waals surface area (Å²) in [6, 6.07) is 4.16. The fourth-order valence-electron chi connectivity index (χ4n) is 2.03. The maximum atomic E-state index is 9.79. The van der Waals surface area contributed by atoms with Crippen molar-refractivity contribution in [3.63, 3.8) is 0 Å². The van der Waals surface area contributed by atoms with Crippen LogP contribution in [0.2, 0.25) is 0 Å². The van der Waals surface area contributed by atoms with Crippen LogP contribution in [0.1, 0.15) is 23.9 Å². The average Bonchev–Trinajstić information content (AvgIpc) is 2.62. The molecule has 0 bridgehead atoms. The van der Waals surface area contributed by atoms with Crippen molar-refractivity contribution in [2.75, 3.05) is 13.6 Å². The summed E-state index contributed by atoms with van der Waals surface area (Å²) in [5.74, 6) is 0. The number of likely N-dealkylation sites (N-methyl/N-ethyl adjacent to an activating group) is 1. The highest BCUT2D eigenvalue weighted by Gasteiger charge is 2.18. The second-order valence-electron chi connectivity index (χ2n) is 3.58. The summed E-state index contributed by atoms with van der Waals surface area (Å²) in [5.41, 5.74) is 2.42. The first-order valence-corrected chi connectivity index (χ1v) is 4.84. The Bertz CT molecular complexity index is 293. The fraction of sp³-hybridized carbons (Fsp3) is 0.600. The van der Waals surface area contributed by atoms with Crippen LogP contribution in [-0.4, -0.2) is 23.3 Å². The smallest absolute Gasteiger partial charge is 0.106 e. The van der Waals surface area contributed by atoms with E-state index in [1.54, 1.807) is 0 Å². The number of aliphatic hydroxyl groups excluding tert-OH is 1. The van der Waals surface area contributed by atoms with Crippen LogP contribution in [0.5, 0.6) is 0 Å². The van der Waals surface area contributed by atoms with Gasteiger partial charge in [0.05, 0.1) is 0 Å². The molecule has 1 atom stereocenters. The lowest BCUT2D eigenvalue weighted by molar-refractivity contribution is 0.168. The van der Waals surface area contributed by atoms with Crippen LogP contribution in [0.3, 0.4) is 0 Å². The van der Waals surface area contributed by atoms with Gasteiger partial charge in [0.15, 0.2) is 0 Å². The Labute approximate surface area is 78.4 Å². The van der Waals surface area contributed by atoms with Gasteiger partial charge in [-0.2, -0.15) is 0 Å². The molecule has 0 radical (unpaired) electrons. The molecular formula is C10H16N2O. The molecule has 0 amide bonds. The molecule has 2 rings (SSSR count). The number of rotatable bonds is 3. The molecule has 3 heteroatoms. The predicted molar refractivity (Wildman–Crippen MR) is 51.6 cm³/mol. The zero-order valence-corrected chi connectivity index (χ0v) is 7.95. The highest BCUT2D eigenvalue weighted by Crippen LogP contribution is 2.23. The van der Waals surface area contributed by atoms with Gasteiger partial charge in [0.1, 0.15) is 6.10 Å². The van der Waals surface area contributed by atoms with E-state index in [1.807, 2.05) is 13.1 Å². The quantitative estimate of drug-likeness (QED) is 0.718. The topological polar surface area (TPSA) is 37.2 Å². The van der Waals surface area contributed by atoms with Gasteiger partial charge in [-0.25, -0.2) is 0 Å². The van der Waals surface area contributed by atoms with Gasteiger partial charge in [-0.05, 0) is 32.0 Å². The van der Waals surface area contributed by atoms with Crippen molar-refractivity contribution in [3.8, 4) is 0 Å². The lowest BCUT2D eigenvalue weighted by Crippen LogP contribution is -2.19. The Morgan fingerprint density at radius 1 is 1.62 bits per heavy atom. The zero-order chi connectivity index (χ0) is 9.26. The molecule has 0 fully saturated rings. The predicted octanol–water partition coefficient (Wildman–Crippen LogP) is 0.687. The van der Waals surface area contributed by atoms with Crippen LogP contribution in [0.25, 0.3) is 0 Å². The Morgan fingerprint density at radius 2 is 2.46 bits per heavy atom. The molecule has 0 aliphatic carbocycles. The van der Waals surface area contributed by atoms with Crippen LogP contribution in [0.4, 0.5) is 0 Å². The van der Waals surface area contributed by atoms with E-state index in [0.717, 1.165) is 18.7 Å². The molecule has 0 saturated carbocycles. The van der Waals surface area contributed by atoms with Gasteiger partial charge in [-0.15, -0.1) is 0 Å². The Morgan fingerprint density at radius 3 is 3.23 bits per heavy atom. The summed E-state index contributed by atoms with van der Waals surface area (Å²) in [7, 11) is 1.86. The van der Waals surface area contributed by atoms with E-state index in [1.165, 1.54) is 12.1 Å². The molecule has 2 heterocycles. The molecule has 13 heavy (non-hydrogen) atoms. The number of hydrogen-bond acceptors (Lipinski definition) is 2. The van der Waals surface area contributed by atoms with Crippen molar-refractivity contribution >= 4 is 0 Å². The van der Waals surface area contributed by atoms with E-state index in [4.69, 9.17) is 0 Å². The second-order valence-corrected chi connectivity index (χ2v) is 3.58. The van der Waals surface area contributed by atoms with Gasteiger partial charge >= 0.3 is 0 Å². The van der Waals surface area contributed by atoms with Crippen LogP contribution in [0, 0.1) is 0 Å². The number of hydrogen-bond donors (Lipinski definition) is 2. The Hall–Kier alpha value is -0.800. The van der Waals surface area contributed by atoms with Gasteiger partial charge < -0.3 is 15.0 Å². The van der Waals surface area contributed by atoms with Gasteiger partial charge in [-0.1, -0.05) is 0 Å². The minimum Gasteiger partial charge on any atom is -0.386 e. The number of fused-ring (bicyclic) bond motifs is 1. The minimum absolute atomic E-state index is 0.364. The van der Waals surface area contributed by atoms with Crippen LogP contribution < -0.4 is 5.32 Å². The molecule has 1 unspecified atom stereocenters. The summed E-state index contributed by atoms with van der Waals surface area (Å²) >= 11 is 0. The first-order chi connectivity index (χ1) is 6.33. The van der Waals surface area contributed by atoms with Crippen molar-refractivity contribution in [1.82, 2.24) is 9.88 Å². The van der Waals surface area contributed by atoms with Crippen molar-refractivity contribution < 1.29 is 5.11 Å². The van der Waals surface area contributed by atoms with Gasteiger partial charge in [0.25, 0.3) is 0 Å². The fourth-order valence-corrected chi connectivity index (χ4v) is 2.03. The largest absolute Gasteiger partial charge is 0.386 e. The lowest BCUT2D eigenvalue weighted by atomic mass is 10.2. The van der Waals surface area contributed by atoms with Gasteiger partial charge in [-0.3, -0.25) is 0 Å². The van der Waals surface area contributed by atoms with Crippen molar-refractivity contribution in [3.05, 3.63) is 23.5 Å². The van der Waals surface area contributed by atoms with Crippen LogP contribution in [0.15, 0.2) is 12.1 Å². The molecular weight excluding hydrogens is 164 g/mol. The van der Waals surface area contributed by atoms with E-state index in [0.29, 0.717) is 6.54 Å². The van der Waals surface area contributed by atoms with E-state index in [2.05, 4.69) is 16.0 Å². The summed E-state index contributed by atoms with van der Waals surface area (Å²) in [5, 5.41) is 12.8. The second kappa shape index (κ2) is 3.52. The molecule has 0 spiro atoms. The molecule has 1 aliphatic rings. The molecule has 1 aliphatic heterocycles. The lowest BCUT2D eigenvalue weighted by Gasteiger charge is -2.12. The molecule has 1 aromatic rings. The Balaban J connectivity index is 2.20. The van der Waals surface area contributed by atoms with E-state index < -0.39 is 0 Å². The molecule has 2 N–H and O–H groups in total. The van der Waals surface area contributed by atoms with Crippen molar-refractivity contribution in [2.45, 2.75) is 25.5 Å². The maximum absolute atomic E-state index is 9.79. The van der Waals surface area contributed by atoms with Gasteiger partial charge in [0, 0.05) is 24.5 Å². The SMILES string of the molecule is CNCC(O)c1ccc2n1CCC2. The third-order valence-electron chi connectivity index (χ3n) is 2.66. The van der Waals surface area contributed by atoms with Crippen LogP contribution >= 0.6 is 0 Å². The van der Waals surface area contributed by atoms with Crippen molar-refractivity contribution in [1.29, 1.82) is 0 Å². The number of aliphatic hydroxyl groups is 1. The first kappa shape index (κ1) is 8.78. The van der Waals surface area contributed by atoms with E-state index >= 15 is 0 Å². The maximum Gasteiger partial charge on any atom is 0.106 e. The molecule has 1 aromatic heterocycles. The number of nitrogens with zero attached hydrogens (tertiary/aromatic N) is 1. The van der Waals surface area contributed by atoms with E-state index in [-0.39, 0.29) is 6.10 Å². The Kier molecular flexibility index (Phi) is 2.38. The van der Waals surface area contributed by atoms with E-state index in [9.17, 15) is 5.11 Å². The summed E-state index contributed by atoms with van der Waals surface area (Å²) in [6.07, 6.45) is 2.01. The average molecular weight is 180 g/mol.